The van der Waals surface area contributed by atoms with E-state index >= 15 is 0 Å². The Morgan fingerprint density at radius 3 is 2.79 bits per heavy atom. The van der Waals surface area contributed by atoms with Crippen LogP contribution in [0.1, 0.15) is 45.7 Å². The molecule has 2 aliphatic rings. The molecule has 11 nitrogen and oxygen atoms in total. The first-order valence-electron chi connectivity index (χ1n) is 12.7. The number of aromatic nitrogens is 1. The summed E-state index contributed by atoms with van der Waals surface area (Å²) in [6.07, 6.45) is 2.20. The zero-order valence-electron chi connectivity index (χ0n) is 21.7. The van der Waals surface area contributed by atoms with Gasteiger partial charge >= 0.3 is 0 Å². The van der Waals surface area contributed by atoms with Gasteiger partial charge in [0, 0.05) is 30.9 Å². The Balaban J connectivity index is 1.21. The summed E-state index contributed by atoms with van der Waals surface area (Å²) in [4.78, 5) is 40.1. The number of para-hydroxylation sites is 1. The molecule has 0 aliphatic carbocycles. The molecule has 0 unspecified atom stereocenters. The standard InChI is InChI=1S/C28H30N4O7/c1-32-21-9-8-19(14-26(33)29-15-17-5-3-4-6-22(17)36-2)38-25(21)16-37-23-10-7-18(13-20(23)28(32)35)31-27(34)24-11-12-30-39-24/h3-7,10-13,19,21,25H,8-9,14-16H2,1-2H3,(H,29,33)(H,31,34)/t19-,21+,25-/m1/s1. The number of anilines is 1. The minimum absolute atomic E-state index is 0.0617. The summed E-state index contributed by atoms with van der Waals surface area (Å²) in [5.41, 5.74) is 1.66. The molecule has 3 amide bonds. The number of ether oxygens (including phenoxy) is 3. The van der Waals surface area contributed by atoms with Crippen molar-refractivity contribution in [2.24, 2.45) is 0 Å². The number of nitrogens with zero attached hydrogens (tertiary/aromatic N) is 2. The molecule has 3 aromatic rings. The van der Waals surface area contributed by atoms with E-state index in [2.05, 4.69) is 15.8 Å². The number of amides is 3. The topological polar surface area (TPSA) is 132 Å². The zero-order chi connectivity index (χ0) is 27.4. The van der Waals surface area contributed by atoms with E-state index in [9.17, 15) is 14.4 Å². The number of carbonyl (C=O) groups excluding carboxylic acids is 3. The molecule has 204 valence electrons. The van der Waals surface area contributed by atoms with Gasteiger partial charge in [-0.25, -0.2) is 0 Å². The number of methoxy groups -OCH3 is 1. The molecule has 0 spiro atoms. The van der Waals surface area contributed by atoms with Gasteiger partial charge in [-0.05, 0) is 37.1 Å². The van der Waals surface area contributed by atoms with Crippen molar-refractivity contribution in [3.8, 4) is 11.5 Å². The third-order valence-electron chi connectivity index (χ3n) is 7.01. The van der Waals surface area contributed by atoms with Crippen LogP contribution >= 0.6 is 0 Å². The molecule has 5 rings (SSSR count). The second-order valence-electron chi connectivity index (χ2n) is 9.50. The monoisotopic (exact) mass is 534 g/mol. The molecule has 1 saturated heterocycles. The van der Waals surface area contributed by atoms with Crippen LogP contribution < -0.4 is 20.1 Å². The molecule has 1 aromatic heterocycles. The van der Waals surface area contributed by atoms with Crippen molar-refractivity contribution in [2.45, 2.75) is 44.1 Å². The van der Waals surface area contributed by atoms with Crippen molar-refractivity contribution < 1.29 is 33.1 Å². The first kappa shape index (κ1) is 26.2. The van der Waals surface area contributed by atoms with E-state index in [1.807, 2.05) is 24.3 Å². The summed E-state index contributed by atoms with van der Waals surface area (Å²) in [6.45, 7) is 0.581. The molecule has 3 heterocycles. The molecular formula is C28H30N4O7. The summed E-state index contributed by atoms with van der Waals surface area (Å²) < 4.78 is 22.5. The van der Waals surface area contributed by atoms with E-state index in [4.69, 9.17) is 18.7 Å². The lowest BCUT2D eigenvalue weighted by Gasteiger charge is -2.42. The number of hydrogen-bond donors (Lipinski definition) is 2. The minimum Gasteiger partial charge on any atom is -0.496 e. The molecule has 1 fully saturated rings. The molecule has 39 heavy (non-hydrogen) atoms. The van der Waals surface area contributed by atoms with E-state index < -0.39 is 12.0 Å². The van der Waals surface area contributed by atoms with Crippen molar-refractivity contribution in [1.82, 2.24) is 15.4 Å². The van der Waals surface area contributed by atoms with Gasteiger partial charge in [0.2, 0.25) is 11.7 Å². The van der Waals surface area contributed by atoms with Crippen LogP contribution in [-0.2, 0) is 16.1 Å². The summed E-state index contributed by atoms with van der Waals surface area (Å²) in [7, 11) is 3.33. The lowest BCUT2D eigenvalue weighted by atomic mass is 9.94. The van der Waals surface area contributed by atoms with Gasteiger partial charge < -0.3 is 34.3 Å². The molecule has 0 saturated carbocycles. The maximum Gasteiger partial charge on any atom is 0.294 e. The maximum atomic E-state index is 13.4. The Morgan fingerprint density at radius 1 is 1.15 bits per heavy atom. The third kappa shape index (κ3) is 5.88. The second-order valence-corrected chi connectivity index (χ2v) is 9.50. The fraction of sp³-hybridized carbons (Fsp3) is 0.357. The zero-order valence-corrected chi connectivity index (χ0v) is 21.7. The highest BCUT2D eigenvalue weighted by atomic mass is 16.5. The highest BCUT2D eigenvalue weighted by Crippen LogP contribution is 2.32. The minimum atomic E-state index is -0.473. The Kier molecular flexibility index (Phi) is 7.78. The number of likely N-dealkylation sites (N-methyl/N-ethyl adjacent to an activating group) is 1. The maximum absolute atomic E-state index is 13.4. The van der Waals surface area contributed by atoms with E-state index in [-0.39, 0.29) is 42.7 Å². The van der Waals surface area contributed by atoms with Crippen LogP contribution in [-0.4, -0.2) is 66.8 Å². The van der Waals surface area contributed by atoms with Crippen LogP contribution in [0.5, 0.6) is 11.5 Å². The quantitative estimate of drug-likeness (QED) is 0.473. The van der Waals surface area contributed by atoms with Crippen LogP contribution in [0.4, 0.5) is 5.69 Å². The van der Waals surface area contributed by atoms with Gasteiger partial charge in [-0.2, -0.15) is 0 Å². The summed E-state index contributed by atoms with van der Waals surface area (Å²) in [5, 5.41) is 9.17. The second kappa shape index (κ2) is 11.6. The lowest BCUT2D eigenvalue weighted by molar-refractivity contribution is -0.134. The van der Waals surface area contributed by atoms with Crippen LogP contribution in [0.3, 0.4) is 0 Å². The average molecular weight is 535 g/mol. The van der Waals surface area contributed by atoms with Crippen molar-refractivity contribution in [3.05, 3.63) is 71.6 Å². The lowest BCUT2D eigenvalue weighted by Crippen LogP contribution is -2.53. The van der Waals surface area contributed by atoms with Crippen molar-refractivity contribution >= 4 is 23.4 Å². The van der Waals surface area contributed by atoms with Gasteiger partial charge in [0.25, 0.3) is 11.8 Å². The van der Waals surface area contributed by atoms with Gasteiger partial charge in [-0.1, -0.05) is 23.4 Å². The van der Waals surface area contributed by atoms with Gasteiger partial charge in [-0.3, -0.25) is 14.4 Å². The summed E-state index contributed by atoms with van der Waals surface area (Å²) >= 11 is 0. The van der Waals surface area contributed by atoms with Crippen molar-refractivity contribution in [3.63, 3.8) is 0 Å². The highest BCUT2D eigenvalue weighted by molar-refractivity contribution is 6.04. The molecule has 2 aliphatic heterocycles. The summed E-state index contributed by atoms with van der Waals surface area (Å²) in [6, 6.07) is 13.6. The van der Waals surface area contributed by atoms with E-state index in [1.165, 1.54) is 12.3 Å². The molecule has 3 atom stereocenters. The number of benzene rings is 2. The number of nitrogens with one attached hydrogen (secondary N) is 2. The predicted molar refractivity (Wildman–Crippen MR) is 140 cm³/mol. The van der Waals surface area contributed by atoms with Gasteiger partial charge in [0.15, 0.2) is 0 Å². The van der Waals surface area contributed by atoms with Crippen LogP contribution in [0.15, 0.2) is 59.3 Å². The fourth-order valence-electron chi connectivity index (χ4n) is 4.95. The molecule has 11 heteroatoms. The van der Waals surface area contributed by atoms with E-state index in [0.29, 0.717) is 36.4 Å². The Bertz CT molecular complexity index is 1340. The fourth-order valence-corrected chi connectivity index (χ4v) is 4.95. The number of hydrogen-bond acceptors (Lipinski definition) is 8. The molecule has 0 bridgehead atoms. The molecular weight excluding hydrogens is 504 g/mol. The number of rotatable bonds is 7. The normalized spacial score (nSPS) is 20.5. The van der Waals surface area contributed by atoms with E-state index in [0.717, 1.165) is 11.3 Å². The van der Waals surface area contributed by atoms with E-state index in [1.54, 1.807) is 37.3 Å². The van der Waals surface area contributed by atoms with Crippen molar-refractivity contribution in [2.75, 3.05) is 26.1 Å². The number of fused-ring (bicyclic) bond motifs is 2. The Morgan fingerprint density at radius 2 is 2.00 bits per heavy atom. The van der Waals surface area contributed by atoms with Crippen LogP contribution in [0, 0.1) is 0 Å². The first-order chi connectivity index (χ1) is 18.9. The number of carbonyl (C=O) groups is 3. The first-order valence-corrected chi connectivity index (χ1v) is 12.7. The highest BCUT2D eigenvalue weighted by Gasteiger charge is 2.39. The van der Waals surface area contributed by atoms with Crippen molar-refractivity contribution in [1.29, 1.82) is 0 Å². The predicted octanol–water partition coefficient (Wildman–Crippen LogP) is 3.02. The Hall–Kier alpha value is -4.38. The molecule has 0 radical (unpaired) electrons. The van der Waals surface area contributed by atoms with Gasteiger partial charge in [-0.15, -0.1) is 0 Å². The van der Waals surface area contributed by atoms with Gasteiger partial charge in [0.1, 0.15) is 24.2 Å². The average Bonchev–Trinajstić information content (AvgIpc) is 3.50. The largest absolute Gasteiger partial charge is 0.496 e. The molecule has 2 aromatic carbocycles. The van der Waals surface area contributed by atoms with Gasteiger partial charge in [0.05, 0.1) is 37.4 Å². The Labute approximate surface area is 225 Å². The SMILES string of the molecule is COc1ccccc1CNC(=O)C[C@H]1CC[C@H]2[C@@H](COc3ccc(NC(=O)c4ccno4)cc3C(=O)N2C)O1. The third-order valence-corrected chi connectivity index (χ3v) is 7.01. The smallest absolute Gasteiger partial charge is 0.294 e. The molecule has 2 N–H and O–H groups in total. The summed E-state index contributed by atoms with van der Waals surface area (Å²) in [5.74, 6) is 0.338. The van der Waals surface area contributed by atoms with Crippen LogP contribution in [0.2, 0.25) is 0 Å². The van der Waals surface area contributed by atoms with Crippen LogP contribution in [0.25, 0.3) is 0 Å².